The molecule has 0 saturated carbocycles. The normalized spacial score (nSPS) is 12.8. The highest BCUT2D eigenvalue weighted by molar-refractivity contribution is 6.49. The van der Waals surface area contributed by atoms with Gasteiger partial charge < -0.3 is 10.6 Å². The van der Waals surface area contributed by atoms with E-state index in [-0.39, 0.29) is 6.04 Å². The Bertz CT molecular complexity index is 1930. The first-order valence-electron chi connectivity index (χ1n) is 17.6. The number of hydrogen-bond donors (Lipinski definition) is 2. The van der Waals surface area contributed by atoms with E-state index < -0.39 is 0 Å². The van der Waals surface area contributed by atoms with Crippen LogP contribution in [0.5, 0.6) is 0 Å². The van der Waals surface area contributed by atoms with Crippen LogP contribution in [0.3, 0.4) is 0 Å². The van der Waals surface area contributed by atoms with E-state index in [1.807, 2.05) is 82.3 Å². The van der Waals surface area contributed by atoms with Crippen LogP contribution in [0, 0.1) is 13.8 Å². The van der Waals surface area contributed by atoms with E-state index >= 15 is 0 Å². The fraction of sp³-hybridized carbons (Fsp3) is 0.213. The van der Waals surface area contributed by atoms with E-state index in [0.29, 0.717) is 5.03 Å². The second-order valence-electron chi connectivity index (χ2n) is 12.0. The van der Waals surface area contributed by atoms with E-state index in [4.69, 9.17) is 11.6 Å². The van der Waals surface area contributed by atoms with Crippen molar-refractivity contribution in [3.05, 3.63) is 190 Å². The van der Waals surface area contributed by atoms with E-state index in [1.54, 1.807) is 12.4 Å². The molecule has 1 atom stereocenters. The molecule has 51 heavy (non-hydrogen) atoms. The molecule has 3 nitrogen and oxygen atoms in total. The first-order chi connectivity index (χ1) is 24.6. The van der Waals surface area contributed by atoms with Gasteiger partial charge in [0.05, 0.1) is 0 Å². The Morgan fingerprint density at radius 3 is 2.02 bits per heavy atom. The highest BCUT2D eigenvalue weighted by Crippen LogP contribution is 2.33. The van der Waals surface area contributed by atoms with Crippen molar-refractivity contribution in [2.45, 2.75) is 67.3 Å². The zero-order valence-corrected chi connectivity index (χ0v) is 32.4. The van der Waals surface area contributed by atoms with Crippen LogP contribution in [0.25, 0.3) is 29.1 Å². The summed E-state index contributed by atoms with van der Waals surface area (Å²) in [6.07, 6.45) is 13.5. The molecule has 0 saturated heterocycles. The largest absolute Gasteiger partial charge is 0.365 e. The van der Waals surface area contributed by atoms with Gasteiger partial charge in [0, 0.05) is 33.7 Å². The number of rotatable bonds is 13. The van der Waals surface area contributed by atoms with E-state index in [1.165, 1.54) is 16.7 Å². The maximum Gasteiger partial charge on any atom is 0.113 e. The number of hydrogen-bond acceptors (Lipinski definition) is 3. The topological polar surface area (TPSA) is 37.0 Å². The molecule has 4 rings (SSSR count). The monoisotopic (exact) mass is 697 g/mol. The molecule has 2 N–H and O–H groups in total. The van der Waals surface area contributed by atoms with E-state index in [0.717, 1.165) is 62.6 Å². The molecule has 1 aromatic heterocycles. The summed E-state index contributed by atoms with van der Waals surface area (Å²) >= 11 is 7.11. The van der Waals surface area contributed by atoms with Crippen molar-refractivity contribution in [2.24, 2.45) is 0 Å². The van der Waals surface area contributed by atoms with Crippen LogP contribution in [0.4, 0.5) is 0 Å². The zero-order valence-electron chi connectivity index (χ0n) is 31.7. The number of benzene rings is 3. The minimum atomic E-state index is -0.107. The maximum absolute atomic E-state index is 7.11. The number of aromatic nitrogens is 1. The molecule has 0 fully saturated rings. The van der Waals surface area contributed by atoms with Crippen molar-refractivity contribution in [3.8, 4) is 0 Å². The highest BCUT2D eigenvalue weighted by Gasteiger charge is 2.16. The number of nitrogens with one attached hydrogen (secondary N) is 2. The van der Waals surface area contributed by atoms with Gasteiger partial charge in [-0.1, -0.05) is 166 Å². The fourth-order valence-electron chi connectivity index (χ4n) is 5.31. The van der Waals surface area contributed by atoms with Gasteiger partial charge in [-0.3, -0.25) is 4.98 Å². The molecular formula is C47H56ClN3. The van der Waals surface area contributed by atoms with Gasteiger partial charge in [0.2, 0.25) is 0 Å². The number of aryl methyl sites for hydroxylation is 3. The SMILES string of the molecule is C=CN/C(NC(C)/C(C)=C(\Cl)c1cccc(/C(C=C)=C/C=C(\C)CCc2ccccc2)c1C=C)=c1\c(C)nccc1=C.CC.Cc1ccccc1. The summed E-state index contributed by atoms with van der Waals surface area (Å²) in [5.41, 5.74) is 9.74. The minimum Gasteiger partial charge on any atom is -0.365 e. The predicted molar refractivity (Wildman–Crippen MR) is 227 cm³/mol. The van der Waals surface area contributed by atoms with Crippen LogP contribution in [-0.2, 0) is 6.42 Å². The lowest BCUT2D eigenvalue weighted by Crippen LogP contribution is -2.42. The van der Waals surface area contributed by atoms with Gasteiger partial charge in [-0.25, -0.2) is 0 Å². The van der Waals surface area contributed by atoms with Crippen molar-refractivity contribution in [2.75, 3.05) is 0 Å². The molecular weight excluding hydrogens is 642 g/mol. The second-order valence-corrected chi connectivity index (χ2v) is 12.3. The quantitative estimate of drug-likeness (QED) is 0.137. The molecule has 1 heterocycles. The third-order valence-electron chi connectivity index (χ3n) is 8.30. The molecule has 1 unspecified atom stereocenters. The molecule has 3 aromatic carbocycles. The summed E-state index contributed by atoms with van der Waals surface area (Å²) in [5.74, 6) is 0.779. The van der Waals surface area contributed by atoms with Gasteiger partial charge in [0.1, 0.15) is 5.82 Å². The van der Waals surface area contributed by atoms with Gasteiger partial charge in [0.15, 0.2) is 0 Å². The van der Waals surface area contributed by atoms with Crippen molar-refractivity contribution >= 4 is 40.7 Å². The Morgan fingerprint density at radius 2 is 1.47 bits per heavy atom. The van der Waals surface area contributed by atoms with Crippen LogP contribution in [0.2, 0.25) is 0 Å². The Kier molecular flexibility index (Phi) is 18.6. The van der Waals surface area contributed by atoms with Gasteiger partial charge in [-0.2, -0.15) is 0 Å². The molecule has 266 valence electrons. The molecule has 0 aliphatic rings. The first kappa shape index (κ1) is 42.0. The predicted octanol–water partition coefficient (Wildman–Crippen LogP) is 11.1. The summed E-state index contributed by atoms with van der Waals surface area (Å²) in [4.78, 5) is 4.44. The maximum atomic E-state index is 7.11. The van der Waals surface area contributed by atoms with Crippen molar-refractivity contribution in [1.82, 2.24) is 15.6 Å². The van der Waals surface area contributed by atoms with Gasteiger partial charge >= 0.3 is 0 Å². The van der Waals surface area contributed by atoms with Crippen molar-refractivity contribution in [3.63, 3.8) is 0 Å². The fourth-order valence-corrected chi connectivity index (χ4v) is 5.64. The standard InChI is InChI=1S/C38H42ClN3.C7H8.C2H6/c1-9-32(23-21-26(4)20-22-31-16-13-12-14-17-31)34-18-15-19-35(33(34)10-2)37(39)28(6)29(7)42-38(40-11-3)36-27(5)24-25-41-30(36)8;1-7-5-3-2-4-6-7;1-2/h9-19,21,23-25,29,40,42H,1-3,5,20,22H2,4,6-8H3;2-6H,1H3;1-2H3/b26-21+,32-23+,37-28-,38-36+;;. The molecule has 4 aromatic rings. The minimum absolute atomic E-state index is 0.107. The second kappa shape index (κ2) is 22.6. The lowest BCUT2D eigenvalue weighted by molar-refractivity contribution is 0.718. The molecule has 0 spiro atoms. The smallest absolute Gasteiger partial charge is 0.113 e. The summed E-state index contributed by atoms with van der Waals surface area (Å²) in [7, 11) is 0. The van der Waals surface area contributed by atoms with Crippen molar-refractivity contribution < 1.29 is 0 Å². The summed E-state index contributed by atoms with van der Waals surface area (Å²) in [6.45, 7) is 30.6. The van der Waals surface area contributed by atoms with Crippen LogP contribution in [0.15, 0.2) is 146 Å². The lowest BCUT2D eigenvalue weighted by Gasteiger charge is -2.22. The summed E-state index contributed by atoms with van der Waals surface area (Å²) in [6, 6.07) is 28.8. The average molecular weight is 698 g/mol. The average Bonchev–Trinajstić information content (AvgIpc) is 3.15. The molecule has 0 aliphatic heterocycles. The Balaban J connectivity index is 0.000000879. The van der Waals surface area contributed by atoms with Crippen molar-refractivity contribution in [1.29, 1.82) is 0 Å². The first-order valence-corrected chi connectivity index (χ1v) is 18.0. The molecule has 4 heteroatoms. The third kappa shape index (κ3) is 12.9. The van der Waals surface area contributed by atoms with Crippen LogP contribution >= 0.6 is 11.6 Å². The summed E-state index contributed by atoms with van der Waals surface area (Å²) in [5, 5.41) is 9.23. The van der Waals surface area contributed by atoms with Gasteiger partial charge in [-0.15, -0.1) is 0 Å². The molecule has 0 aliphatic carbocycles. The van der Waals surface area contributed by atoms with Crippen LogP contribution in [0.1, 0.15) is 74.6 Å². The highest BCUT2D eigenvalue weighted by atomic mass is 35.5. The van der Waals surface area contributed by atoms with Gasteiger partial charge in [-0.05, 0) is 92.8 Å². The molecule has 0 radical (unpaired) electrons. The number of nitrogens with zero attached hydrogens (tertiary/aromatic N) is 1. The zero-order chi connectivity index (χ0) is 37.8. The molecule has 0 bridgehead atoms. The Hall–Kier alpha value is -5.12. The van der Waals surface area contributed by atoms with Crippen LogP contribution < -0.4 is 21.1 Å². The van der Waals surface area contributed by atoms with E-state index in [2.05, 4.69) is 117 Å². The summed E-state index contributed by atoms with van der Waals surface area (Å²) < 4.78 is 0. The third-order valence-corrected chi connectivity index (χ3v) is 8.80. The number of pyridine rings is 1. The van der Waals surface area contributed by atoms with Crippen LogP contribution in [-0.4, -0.2) is 11.0 Å². The Labute approximate surface area is 312 Å². The van der Waals surface area contributed by atoms with Gasteiger partial charge in [0.25, 0.3) is 0 Å². The molecule has 0 amide bonds. The Morgan fingerprint density at radius 1 is 0.843 bits per heavy atom. The number of allylic oxidation sites excluding steroid dienone is 5. The lowest BCUT2D eigenvalue weighted by atomic mass is 9.92. The van der Waals surface area contributed by atoms with E-state index in [9.17, 15) is 0 Å². The number of halogens is 1.